The predicted octanol–water partition coefficient (Wildman–Crippen LogP) is 5.44. The Bertz CT molecular complexity index is 687. The maximum Gasteiger partial charge on any atom is 0.207 e. The molecule has 0 spiro atoms. The van der Waals surface area contributed by atoms with Gasteiger partial charge in [0.2, 0.25) is 11.5 Å². The Kier molecular flexibility index (Phi) is 11.0. The van der Waals surface area contributed by atoms with Crippen molar-refractivity contribution in [3.8, 4) is 23.0 Å². The summed E-state index contributed by atoms with van der Waals surface area (Å²) < 4.78 is 28.0. The van der Waals surface area contributed by atoms with Gasteiger partial charge in [-0.25, -0.2) is 0 Å². The fraction of sp³-hybridized carbons (Fsp3) is 0.720. The molecule has 1 aliphatic heterocycles. The minimum Gasteiger partial charge on any atom is -0.492 e. The normalized spacial score (nSPS) is 18.1. The molecule has 6 nitrogen and oxygen atoms in total. The van der Waals surface area contributed by atoms with Gasteiger partial charge in [-0.2, -0.15) is 0 Å². The van der Waals surface area contributed by atoms with Gasteiger partial charge in [0.05, 0.1) is 34.5 Å². The number of unbranched alkanes of at least 4 members (excludes halogenated alkanes) is 6. The molecule has 0 N–H and O–H groups in total. The minimum absolute atomic E-state index is 0.155. The average molecular weight is 437 g/mol. The van der Waals surface area contributed by atoms with Crippen LogP contribution < -0.4 is 18.9 Å². The van der Waals surface area contributed by atoms with Gasteiger partial charge >= 0.3 is 0 Å². The summed E-state index contributed by atoms with van der Waals surface area (Å²) in [6.07, 6.45) is 13.5. The van der Waals surface area contributed by atoms with E-state index in [0.29, 0.717) is 23.4 Å². The lowest BCUT2D eigenvalue weighted by Gasteiger charge is -2.21. The molecule has 1 aromatic carbocycles. The SMILES string of the molecule is COc1c(C)c(CCCCCCCCC[C@@H]2CC[C@@H](C=O)O2)c(OC)c(OC)c1OC. The Balaban J connectivity index is 1.73. The Labute approximate surface area is 187 Å². The molecular formula is C25H40O6. The highest BCUT2D eigenvalue weighted by molar-refractivity contribution is 5.66. The topological polar surface area (TPSA) is 63.2 Å². The van der Waals surface area contributed by atoms with Crippen molar-refractivity contribution in [1.82, 2.24) is 0 Å². The maximum atomic E-state index is 10.7. The van der Waals surface area contributed by atoms with Gasteiger partial charge in [0.25, 0.3) is 0 Å². The third kappa shape index (κ3) is 6.76. The maximum absolute atomic E-state index is 10.7. The molecule has 1 aromatic rings. The van der Waals surface area contributed by atoms with E-state index in [2.05, 4.69) is 0 Å². The summed E-state index contributed by atoms with van der Waals surface area (Å²) in [7, 11) is 6.56. The van der Waals surface area contributed by atoms with Gasteiger partial charge in [-0.05, 0) is 39.0 Å². The van der Waals surface area contributed by atoms with Crippen molar-refractivity contribution in [2.75, 3.05) is 28.4 Å². The molecule has 31 heavy (non-hydrogen) atoms. The van der Waals surface area contributed by atoms with Crippen molar-refractivity contribution in [3.05, 3.63) is 11.1 Å². The van der Waals surface area contributed by atoms with E-state index in [-0.39, 0.29) is 6.10 Å². The van der Waals surface area contributed by atoms with E-state index >= 15 is 0 Å². The molecule has 176 valence electrons. The summed E-state index contributed by atoms with van der Waals surface area (Å²) in [4.78, 5) is 10.7. The van der Waals surface area contributed by atoms with Crippen molar-refractivity contribution in [1.29, 1.82) is 0 Å². The average Bonchev–Trinajstić information content (AvgIpc) is 3.25. The monoisotopic (exact) mass is 436 g/mol. The third-order valence-corrected chi connectivity index (χ3v) is 6.25. The van der Waals surface area contributed by atoms with Crippen molar-refractivity contribution in [3.63, 3.8) is 0 Å². The van der Waals surface area contributed by atoms with Crippen LogP contribution in [0.5, 0.6) is 23.0 Å². The zero-order valence-electron chi connectivity index (χ0n) is 20.0. The van der Waals surface area contributed by atoms with E-state index in [4.69, 9.17) is 23.7 Å². The number of carbonyl (C=O) groups is 1. The second-order valence-electron chi connectivity index (χ2n) is 8.26. The largest absolute Gasteiger partial charge is 0.492 e. The zero-order chi connectivity index (χ0) is 22.6. The number of benzene rings is 1. The summed E-state index contributed by atoms with van der Waals surface area (Å²) in [6, 6.07) is 0. The molecule has 1 aliphatic rings. The number of methoxy groups -OCH3 is 4. The van der Waals surface area contributed by atoms with Crippen LogP contribution in [0.3, 0.4) is 0 Å². The van der Waals surface area contributed by atoms with Crippen LogP contribution in [0, 0.1) is 6.92 Å². The van der Waals surface area contributed by atoms with Crippen LogP contribution in [-0.2, 0) is 16.0 Å². The highest BCUT2D eigenvalue weighted by Gasteiger charge is 2.25. The van der Waals surface area contributed by atoms with Gasteiger partial charge in [0, 0.05) is 11.1 Å². The molecule has 0 saturated carbocycles. The van der Waals surface area contributed by atoms with Gasteiger partial charge in [-0.15, -0.1) is 0 Å². The van der Waals surface area contributed by atoms with Crippen molar-refractivity contribution < 1.29 is 28.5 Å². The first-order valence-corrected chi connectivity index (χ1v) is 11.6. The van der Waals surface area contributed by atoms with E-state index < -0.39 is 0 Å². The summed E-state index contributed by atoms with van der Waals surface area (Å²) in [5.41, 5.74) is 2.17. The first-order chi connectivity index (χ1) is 15.1. The Morgan fingerprint density at radius 2 is 1.32 bits per heavy atom. The lowest BCUT2D eigenvalue weighted by molar-refractivity contribution is -0.117. The van der Waals surface area contributed by atoms with Crippen LogP contribution >= 0.6 is 0 Å². The summed E-state index contributed by atoms with van der Waals surface area (Å²) in [5.74, 6) is 2.62. The highest BCUT2D eigenvalue weighted by atomic mass is 16.5. The fourth-order valence-corrected chi connectivity index (χ4v) is 4.56. The molecule has 0 bridgehead atoms. The second kappa shape index (κ2) is 13.5. The molecule has 1 heterocycles. The first-order valence-electron chi connectivity index (χ1n) is 11.6. The number of aldehydes is 1. The highest BCUT2D eigenvalue weighted by Crippen LogP contribution is 2.49. The van der Waals surface area contributed by atoms with Crippen LogP contribution in [0.4, 0.5) is 0 Å². The van der Waals surface area contributed by atoms with E-state index in [0.717, 1.165) is 55.3 Å². The molecular weight excluding hydrogens is 396 g/mol. The molecule has 0 aromatic heterocycles. The summed E-state index contributed by atoms with van der Waals surface area (Å²) >= 11 is 0. The molecule has 6 heteroatoms. The number of rotatable bonds is 15. The quantitative estimate of drug-likeness (QED) is 0.269. The molecule has 1 saturated heterocycles. The van der Waals surface area contributed by atoms with E-state index in [9.17, 15) is 4.79 Å². The predicted molar refractivity (Wildman–Crippen MR) is 122 cm³/mol. The minimum atomic E-state index is -0.155. The summed E-state index contributed by atoms with van der Waals surface area (Å²) in [5, 5.41) is 0. The van der Waals surface area contributed by atoms with Crippen LogP contribution in [0.1, 0.15) is 75.3 Å². The molecule has 0 aliphatic carbocycles. The lowest BCUT2D eigenvalue weighted by atomic mass is 9.97. The Morgan fingerprint density at radius 1 is 0.774 bits per heavy atom. The fourth-order valence-electron chi connectivity index (χ4n) is 4.56. The molecule has 2 rings (SSSR count). The van der Waals surface area contributed by atoms with Crippen molar-refractivity contribution in [2.24, 2.45) is 0 Å². The molecule has 1 fully saturated rings. The first kappa shape index (κ1) is 25.3. The van der Waals surface area contributed by atoms with Crippen LogP contribution in [0.25, 0.3) is 0 Å². The third-order valence-electron chi connectivity index (χ3n) is 6.25. The van der Waals surface area contributed by atoms with Crippen LogP contribution in [-0.4, -0.2) is 46.9 Å². The Hall–Kier alpha value is -1.95. The smallest absolute Gasteiger partial charge is 0.207 e. The number of hydrogen-bond acceptors (Lipinski definition) is 6. The summed E-state index contributed by atoms with van der Waals surface area (Å²) in [6.45, 7) is 2.05. The van der Waals surface area contributed by atoms with Gasteiger partial charge in [0.15, 0.2) is 11.5 Å². The molecule has 0 unspecified atom stereocenters. The van der Waals surface area contributed by atoms with Crippen molar-refractivity contribution in [2.45, 2.75) is 89.8 Å². The standard InChI is InChI=1S/C25H40O6/c1-18-21(23(28-3)25(30-5)24(29-4)22(18)27-2)14-12-10-8-6-7-9-11-13-19-15-16-20(17-26)31-19/h17,19-20H,6-16H2,1-5H3/t19-,20+/m1/s1. The molecule has 0 radical (unpaired) electrons. The molecule has 2 atom stereocenters. The van der Waals surface area contributed by atoms with E-state index in [1.165, 1.54) is 38.5 Å². The van der Waals surface area contributed by atoms with Gasteiger partial charge < -0.3 is 28.5 Å². The van der Waals surface area contributed by atoms with E-state index in [1.807, 2.05) is 6.92 Å². The van der Waals surface area contributed by atoms with Crippen LogP contribution in [0.2, 0.25) is 0 Å². The van der Waals surface area contributed by atoms with Gasteiger partial charge in [-0.1, -0.05) is 38.5 Å². The zero-order valence-corrected chi connectivity index (χ0v) is 20.0. The van der Waals surface area contributed by atoms with E-state index in [1.54, 1.807) is 28.4 Å². The second-order valence-corrected chi connectivity index (χ2v) is 8.26. The number of hydrogen-bond donors (Lipinski definition) is 0. The van der Waals surface area contributed by atoms with Gasteiger partial charge in [0.1, 0.15) is 12.4 Å². The lowest BCUT2D eigenvalue weighted by Crippen LogP contribution is -2.11. The van der Waals surface area contributed by atoms with Gasteiger partial charge in [-0.3, -0.25) is 0 Å². The van der Waals surface area contributed by atoms with Crippen molar-refractivity contribution >= 4 is 6.29 Å². The number of ether oxygens (including phenoxy) is 5. The Morgan fingerprint density at radius 3 is 1.87 bits per heavy atom. The van der Waals surface area contributed by atoms with Crippen LogP contribution in [0.15, 0.2) is 0 Å². The molecule has 0 amide bonds. The number of carbonyl (C=O) groups excluding carboxylic acids is 1.